The van der Waals surface area contributed by atoms with Crippen molar-refractivity contribution in [1.29, 1.82) is 0 Å². The van der Waals surface area contributed by atoms with Crippen LogP contribution in [0.1, 0.15) is 17.7 Å². The van der Waals surface area contributed by atoms with Crippen molar-refractivity contribution in [1.82, 2.24) is 4.90 Å². The van der Waals surface area contributed by atoms with Gasteiger partial charge in [0.25, 0.3) is 0 Å². The molecular formula is C10H15ClN2S. The first-order chi connectivity index (χ1) is 6.74. The van der Waals surface area contributed by atoms with Crippen molar-refractivity contribution in [3.8, 4) is 0 Å². The molecule has 2 N–H and O–H groups in total. The molecule has 0 aromatic carbocycles. The van der Waals surface area contributed by atoms with Gasteiger partial charge in [-0.1, -0.05) is 11.6 Å². The number of piperidine rings is 1. The summed E-state index contributed by atoms with van der Waals surface area (Å²) in [4.78, 5) is 3.75. The van der Waals surface area contributed by atoms with Gasteiger partial charge in [0, 0.05) is 29.4 Å². The molecule has 14 heavy (non-hydrogen) atoms. The van der Waals surface area contributed by atoms with Crippen molar-refractivity contribution in [3.63, 3.8) is 0 Å². The monoisotopic (exact) mass is 230 g/mol. The second kappa shape index (κ2) is 4.62. The van der Waals surface area contributed by atoms with Crippen molar-refractivity contribution in [3.05, 3.63) is 21.3 Å². The summed E-state index contributed by atoms with van der Waals surface area (Å²) >= 11 is 7.60. The second-order valence-electron chi connectivity index (χ2n) is 3.87. The molecule has 2 heterocycles. The molecule has 0 spiro atoms. The van der Waals surface area contributed by atoms with Gasteiger partial charge >= 0.3 is 0 Å². The number of likely N-dealkylation sites (tertiary alicyclic amines) is 1. The third kappa shape index (κ3) is 2.70. The van der Waals surface area contributed by atoms with Gasteiger partial charge in [-0.05, 0) is 25.5 Å². The van der Waals surface area contributed by atoms with E-state index in [0.717, 1.165) is 18.1 Å². The maximum atomic E-state index is 5.92. The average Bonchev–Trinajstić information content (AvgIpc) is 2.51. The van der Waals surface area contributed by atoms with Gasteiger partial charge in [-0.25, -0.2) is 0 Å². The predicted octanol–water partition coefficient (Wildman–Crippen LogP) is 2.32. The number of nitrogens with zero attached hydrogens (tertiary/aromatic N) is 1. The van der Waals surface area contributed by atoms with Crippen LogP contribution < -0.4 is 5.73 Å². The first kappa shape index (κ1) is 10.4. The molecule has 0 saturated carbocycles. The molecule has 4 heteroatoms. The second-order valence-corrected chi connectivity index (χ2v) is 5.30. The molecular weight excluding hydrogens is 216 g/mol. The minimum atomic E-state index is 0.360. The smallest absolute Gasteiger partial charge is 0.0516 e. The molecule has 2 nitrogen and oxygen atoms in total. The average molecular weight is 231 g/mol. The van der Waals surface area contributed by atoms with Gasteiger partial charge in [0.2, 0.25) is 0 Å². The van der Waals surface area contributed by atoms with E-state index in [1.54, 1.807) is 11.3 Å². The molecule has 0 aliphatic carbocycles. The van der Waals surface area contributed by atoms with Crippen molar-refractivity contribution >= 4 is 22.9 Å². The first-order valence-electron chi connectivity index (χ1n) is 4.95. The molecule has 0 unspecified atom stereocenters. The molecule has 1 aliphatic heterocycles. The zero-order valence-electron chi connectivity index (χ0n) is 8.08. The van der Waals surface area contributed by atoms with Crippen LogP contribution in [0, 0.1) is 0 Å². The van der Waals surface area contributed by atoms with E-state index in [-0.39, 0.29) is 0 Å². The fraction of sp³-hybridized carbons (Fsp3) is 0.600. The highest BCUT2D eigenvalue weighted by molar-refractivity contribution is 7.10. The highest BCUT2D eigenvalue weighted by Gasteiger charge is 2.16. The molecule has 0 amide bonds. The summed E-state index contributed by atoms with van der Waals surface area (Å²) in [6, 6.07) is 2.41. The highest BCUT2D eigenvalue weighted by atomic mass is 35.5. The standard InChI is InChI=1S/C10H15ClN2S/c11-8-4-10(14-7-8)6-13-3-1-2-9(12)5-13/h4,7,9H,1-3,5-6,12H2/t9-/m1/s1. The van der Waals surface area contributed by atoms with E-state index < -0.39 is 0 Å². The largest absolute Gasteiger partial charge is 0.327 e. The van der Waals surface area contributed by atoms with Crippen LogP contribution in [0.15, 0.2) is 11.4 Å². The summed E-state index contributed by atoms with van der Waals surface area (Å²) in [6.07, 6.45) is 2.39. The number of nitrogens with two attached hydrogens (primary N) is 1. The van der Waals surface area contributed by atoms with Gasteiger partial charge in [-0.3, -0.25) is 4.90 Å². The third-order valence-electron chi connectivity index (χ3n) is 2.54. The summed E-state index contributed by atoms with van der Waals surface area (Å²) in [6.45, 7) is 3.20. The lowest BCUT2D eigenvalue weighted by Crippen LogP contribution is -2.42. The Balaban J connectivity index is 1.90. The number of hydrogen-bond acceptors (Lipinski definition) is 3. The van der Waals surface area contributed by atoms with E-state index in [9.17, 15) is 0 Å². The minimum Gasteiger partial charge on any atom is -0.327 e. The van der Waals surface area contributed by atoms with Crippen LogP contribution in [0.5, 0.6) is 0 Å². The van der Waals surface area contributed by atoms with E-state index in [1.807, 2.05) is 11.4 Å². The van der Waals surface area contributed by atoms with Crippen LogP contribution in [0.3, 0.4) is 0 Å². The number of hydrogen-bond donors (Lipinski definition) is 1. The Morgan fingerprint density at radius 2 is 2.50 bits per heavy atom. The Bertz CT molecular complexity index is 300. The Labute approximate surface area is 93.7 Å². The van der Waals surface area contributed by atoms with Gasteiger partial charge in [-0.15, -0.1) is 11.3 Å². The summed E-state index contributed by atoms with van der Waals surface area (Å²) in [5, 5.41) is 2.84. The molecule has 0 bridgehead atoms. The van der Waals surface area contributed by atoms with Gasteiger partial charge in [-0.2, -0.15) is 0 Å². The quantitative estimate of drug-likeness (QED) is 0.845. The third-order valence-corrected chi connectivity index (χ3v) is 3.81. The van der Waals surface area contributed by atoms with Gasteiger partial charge in [0.15, 0.2) is 0 Å². The minimum absolute atomic E-state index is 0.360. The van der Waals surface area contributed by atoms with E-state index >= 15 is 0 Å². The maximum Gasteiger partial charge on any atom is 0.0516 e. The lowest BCUT2D eigenvalue weighted by Gasteiger charge is -2.30. The molecule has 78 valence electrons. The highest BCUT2D eigenvalue weighted by Crippen LogP contribution is 2.21. The Morgan fingerprint density at radius 3 is 3.14 bits per heavy atom. The molecule has 1 aliphatic rings. The van der Waals surface area contributed by atoms with Crippen LogP contribution in [-0.4, -0.2) is 24.0 Å². The Hall–Kier alpha value is -0.0900. The van der Waals surface area contributed by atoms with Crippen LogP contribution in [-0.2, 0) is 6.54 Å². The molecule has 1 atom stereocenters. The van der Waals surface area contributed by atoms with Crippen LogP contribution in [0.4, 0.5) is 0 Å². The summed E-state index contributed by atoms with van der Waals surface area (Å²) in [5.74, 6) is 0. The first-order valence-corrected chi connectivity index (χ1v) is 6.20. The molecule has 1 fully saturated rings. The maximum absolute atomic E-state index is 5.92. The van der Waals surface area contributed by atoms with Gasteiger partial charge in [0.05, 0.1) is 5.02 Å². The predicted molar refractivity (Wildman–Crippen MR) is 61.8 cm³/mol. The lowest BCUT2D eigenvalue weighted by atomic mass is 10.1. The van der Waals surface area contributed by atoms with E-state index in [1.165, 1.54) is 24.3 Å². The molecule has 1 saturated heterocycles. The molecule has 1 aromatic rings. The van der Waals surface area contributed by atoms with Gasteiger partial charge < -0.3 is 5.73 Å². The Kier molecular flexibility index (Phi) is 3.44. The van der Waals surface area contributed by atoms with Crippen molar-refractivity contribution in [2.45, 2.75) is 25.4 Å². The number of thiophene rings is 1. The van der Waals surface area contributed by atoms with Crippen LogP contribution in [0.2, 0.25) is 5.02 Å². The van der Waals surface area contributed by atoms with E-state index in [2.05, 4.69) is 4.90 Å². The normalized spacial score (nSPS) is 24.0. The zero-order valence-corrected chi connectivity index (χ0v) is 9.65. The van der Waals surface area contributed by atoms with E-state index in [4.69, 9.17) is 17.3 Å². The van der Waals surface area contributed by atoms with Gasteiger partial charge in [0.1, 0.15) is 0 Å². The lowest BCUT2D eigenvalue weighted by molar-refractivity contribution is 0.203. The zero-order chi connectivity index (χ0) is 9.97. The fourth-order valence-corrected chi connectivity index (χ4v) is 3.01. The van der Waals surface area contributed by atoms with Crippen molar-refractivity contribution in [2.24, 2.45) is 5.73 Å². The summed E-state index contributed by atoms with van der Waals surface area (Å²) in [5.41, 5.74) is 5.92. The summed E-state index contributed by atoms with van der Waals surface area (Å²) < 4.78 is 0. The van der Waals surface area contributed by atoms with E-state index in [0.29, 0.717) is 6.04 Å². The van der Waals surface area contributed by atoms with Crippen LogP contribution in [0.25, 0.3) is 0 Å². The molecule has 2 rings (SSSR count). The van der Waals surface area contributed by atoms with Crippen LogP contribution >= 0.6 is 22.9 Å². The van der Waals surface area contributed by atoms with Crippen molar-refractivity contribution in [2.75, 3.05) is 13.1 Å². The number of halogens is 1. The fourth-order valence-electron chi connectivity index (χ4n) is 1.89. The molecule has 1 aromatic heterocycles. The van der Waals surface area contributed by atoms with Crippen molar-refractivity contribution < 1.29 is 0 Å². The topological polar surface area (TPSA) is 29.3 Å². The molecule has 0 radical (unpaired) electrons. The number of rotatable bonds is 2. The SMILES string of the molecule is N[C@@H]1CCCN(Cc2cc(Cl)cs2)C1. The summed E-state index contributed by atoms with van der Waals surface area (Å²) in [7, 11) is 0. The Morgan fingerprint density at radius 1 is 1.64 bits per heavy atom.